The molecule has 0 N–H and O–H groups in total. The fraction of sp³-hybridized carbons (Fsp3) is 0.583. The van der Waals surface area contributed by atoms with Gasteiger partial charge in [-0.2, -0.15) is 0 Å². The van der Waals surface area contributed by atoms with Gasteiger partial charge in [0.05, 0.1) is 26.1 Å². The Labute approximate surface area is 187 Å². The highest BCUT2D eigenvalue weighted by Gasteiger charge is 2.35. The minimum atomic E-state index is -0.391. The second-order valence-corrected chi connectivity index (χ2v) is 7.12. The summed E-state index contributed by atoms with van der Waals surface area (Å²) in [5.74, 6) is -1.47. The summed E-state index contributed by atoms with van der Waals surface area (Å²) in [6.07, 6.45) is 7.08. The first-order valence-electron chi connectivity index (χ1n) is 10.4. The van der Waals surface area contributed by atoms with Crippen LogP contribution in [0.3, 0.4) is 0 Å². The fourth-order valence-corrected chi connectivity index (χ4v) is 2.86. The summed E-state index contributed by atoms with van der Waals surface area (Å²) in [5.41, 5.74) is 1.25. The van der Waals surface area contributed by atoms with Crippen molar-refractivity contribution in [2.45, 2.75) is 25.7 Å². The highest BCUT2D eigenvalue weighted by molar-refractivity contribution is 5.82. The number of methoxy groups -OCH3 is 4. The molecule has 176 valence electrons. The Morgan fingerprint density at radius 2 is 1.23 bits per heavy atom. The third kappa shape index (κ3) is 12.8. The summed E-state index contributed by atoms with van der Waals surface area (Å²) in [5, 5.41) is 0. The molecule has 0 radical (unpaired) electrons. The van der Waals surface area contributed by atoms with Gasteiger partial charge in [0.15, 0.2) is 0 Å². The van der Waals surface area contributed by atoms with E-state index in [4.69, 9.17) is 9.47 Å². The van der Waals surface area contributed by atoms with E-state index in [0.29, 0.717) is 12.8 Å². The first-order valence-corrected chi connectivity index (χ1v) is 10.4. The Morgan fingerprint density at radius 3 is 1.52 bits per heavy atom. The molecule has 31 heavy (non-hydrogen) atoms. The van der Waals surface area contributed by atoms with E-state index in [0.717, 1.165) is 26.1 Å². The van der Waals surface area contributed by atoms with E-state index in [9.17, 15) is 9.59 Å². The lowest BCUT2D eigenvalue weighted by molar-refractivity contribution is -0.157. The van der Waals surface area contributed by atoms with Crippen molar-refractivity contribution in [2.75, 3.05) is 60.6 Å². The third-order valence-electron chi connectivity index (χ3n) is 4.66. The number of esters is 2. The summed E-state index contributed by atoms with van der Waals surface area (Å²) >= 11 is 0. The van der Waals surface area contributed by atoms with Crippen molar-refractivity contribution in [2.24, 2.45) is 11.8 Å². The number of carbonyl (C=O) groups excluding carboxylic acids is 2. The highest BCUT2D eigenvalue weighted by atomic mass is 16.5. The number of anilines is 1. The lowest BCUT2D eigenvalue weighted by atomic mass is 9.83. The van der Waals surface area contributed by atoms with Crippen molar-refractivity contribution < 1.29 is 28.5 Å². The van der Waals surface area contributed by atoms with E-state index >= 15 is 0 Å². The first kappa shape index (κ1) is 28.6. The maximum Gasteiger partial charge on any atom is 0.309 e. The Morgan fingerprint density at radius 1 is 0.806 bits per heavy atom. The molecular weight excluding hydrogens is 398 g/mol. The van der Waals surface area contributed by atoms with Crippen LogP contribution in [0.25, 0.3) is 0 Å². The Bertz CT molecular complexity index is 586. The predicted molar refractivity (Wildman–Crippen MR) is 123 cm³/mol. The largest absolute Gasteiger partial charge is 0.469 e. The second-order valence-electron chi connectivity index (χ2n) is 7.12. The Kier molecular flexibility index (Phi) is 17.0. The Hall–Kier alpha value is -2.38. The fourth-order valence-electron chi connectivity index (χ4n) is 2.86. The zero-order valence-corrected chi connectivity index (χ0v) is 19.8. The number of hydrogen-bond donors (Lipinski definition) is 0. The van der Waals surface area contributed by atoms with Gasteiger partial charge in [-0.25, -0.2) is 0 Å². The molecular formula is C24H39NO6. The van der Waals surface area contributed by atoms with Crippen LogP contribution in [-0.4, -0.2) is 67.7 Å². The van der Waals surface area contributed by atoms with Crippen molar-refractivity contribution >= 4 is 17.6 Å². The van der Waals surface area contributed by atoms with Gasteiger partial charge in [-0.05, 0) is 37.8 Å². The van der Waals surface area contributed by atoms with Crippen molar-refractivity contribution in [3.8, 4) is 0 Å². The normalized spacial score (nSPS) is 16.7. The van der Waals surface area contributed by atoms with Crippen LogP contribution in [0.15, 0.2) is 42.5 Å². The number of para-hydroxylation sites is 1. The number of nitrogens with zero attached hydrogens (tertiary/aromatic N) is 1. The van der Waals surface area contributed by atoms with E-state index < -0.39 is 11.8 Å². The van der Waals surface area contributed by atoms with E-state index in [1.807, 2.05) is 44.4 Å². The summed E-state index contributed by atoms with van der Waals surface area (Å²) < 4.78 is 18.9. The van der Waals surface area contributed by atoms with Crippen LogP contribution in [0, 0.1) is 11.8 Å². The van der Waals surface area contributed by atoms with Crippen molar-refractivity contribution in [1.82, 2.24) is 0 Å². The van der Waals surface area contributed by atoms with Crippen LogP contribution in [0.1, 0.15) is 25.7 Å². The topological polar surface area (TPSA) is 74.3 Å². The number of allylic oxidation sites excluding steroid dienone is 2. The first-order chi connectivity index (χ1) is 14.9. The van der Waals surface area contributed by atoms with E-state index in [1.165, 1.54) is 19.9 Å². The second kappa shape index (κ2) is 18.4. The molecule has 2 rings (SSSR count). The standard InChI is InChI=1S/C10H14O4.C8H11N.C6H14O2/c1-13-9(11)7-5-3-4-6-8(7)10(12)14-2;1-9(2)8-6-4-3-5-7-8;1-7-5-3-4-6-8-2/h3-4,7-8H,5-6H2,1-2H3;3-7H,1-2H3;3-6H2,1-2H3. The zero-order valence-electron chi connectivity index (χ0n) is 19.8. The molecule has 1 aromatic rings. The van der Waals surface area contributed by atoms with Crippen LogP contribution in [0.4, 0.5) is 5.69 Å². The molecule has 1 aromatic carbocycles. The molecule has 0 fully saturated rings. The van der Waals surface area contributed by atoms with Gasteiger partial charge < -0.3 is 23.8 Å². The van der Waals surface area contributed by atoms with Crippen molar-refractivity contribution in [3.05, 3.63) is 42.5 Å². The number of unbranched alkanes of at least 4 members (excludes halogenated alkanes) is 1. The molecule has 0 amide bonds. The molecule has 1 aliphatic carbocycles. The van der Waals surface area contributed by atoms with E-state index in [-0.39, 0.29) is 11.9 Å². The Balaban J connectivity index is 0.000000461. The van der Waals surface area contributed by atoms with Crippen LogP contribution in [0.2, 0.25) is 0 Å². The van der Waals surface area contributed by atoms with Gasteiger partial charge in [0, 0.05) is 47.2 Å². The van der Waals surface area contributed by atoms with Crippen LogP contribution in [-0.2, 0) is 28.5 Å². The highest BCUT2D eigenvalue weighted by Crippen LogP contribution is 2.27. The molecule has 0 bridgehead atoms. The summed E-state index contributed by atoms with van der Waals surface area (Å²) in [4.78, 5) is 24.8. The molecule has 0 saturated carbocycles. The molecule has 0 aliphatic heterocycles. The monoisotopic (exact) mass is 437 g/mol. The van der Waals surface area contributed by atoms with Gasteiger partial charge in [-0.15, -0.1) is 0 Å². The number of ether oxygens (including phenoxy) is 4. The van der Waals surface area contributed by atoms with Crippen molar-refractivity contribution in [1.29, 1.82) is 0 Å². The van der Waals surface area contributed by atoms with Crippen LogP contribution in [0.5, 0.6) is 0 Å². The minimum absolute atomic E-state index is 0.343. The van der Waals surface area contributed by atoms with Crippen LogP contribution < -0.4 is 4.90 Å². The summed E-state index contributed by atoms with van der Waals surface area (Å²) in [6, 6.07) is 10.3. The van der Waals surface area contributed by atoms with Crippen molar-refractivity contribution in [3.63, 3.8) is 0 Å². The predicted octanol–water partition coefficient (Wildman–Crippen LogP) is 3.73. The smallest absolute Gasteiger partial charge is 0.309 e. The SMILES string of the molecule is CN(C)c1ccccc1.COC(=O)C1CC=CCC1C(=O)OC.COCCCCOC. The molecule has 7 nitrogen and oxygen atoms in total. The molecule has 0 aromatic heterocycles. The van der Waals surface area contributed by atoms with Gasteiger partial charge in [-0.1, -0.05) is 30.4 Å². The average Bonchev–Trinajstić information content (AvgIpc) is 2.82. The maximum absolute atomic E-state index is 11.3. The summed E-state index contributed by atoms with van der Waals surface area (Å²) in [7, 11) is 10.2. The molecule has 1 aliphatic rings. The molecule has 2 atom stereocenters. The number of benzene rings is 1. The van der Waals surface area contributed by atoms with E-state index in [2.05, 4.69) is 26.5 Å². The van der Waals surface area contributed by atoms with Gasteiger partial charge in [0.25, 0.3) is 0 Å². The minimum Gasteiger partial charge on any atom is -0.469 e. The van der Waals surface area contributed by atoms with Gasteiger partial charge in [0.2, 0.25) is 0 Å². The van der Waals surface area contributed by atoms with Gasteiger partial charge in [0.1, 0.15) is 0 Å². The lowest BCUT2D eigenvalue weighted by Crippen LogP contribution is -2.32. The van der Waals surface area contributed by atoms with E-state index in [1.54, 1.807) is 14.2 Å². The zero-order chi connectivity index (χ0) is 23.5. The maximum atomic E-state index is 11.3. The van der Waals surface area contributed by atoms with Gasteiger partial charge >= 0.3 is 11.9 Å². The molecule has 0 spiro atoms. The number of carbonyl (C=O) groups is 2. The lowest BCUT2D eigenvalue weighted by Gasteiger charge is -2.23. The number of hydrogen-bond acceptors (Lipinski definition) is 7. The average molecular weight is 438 g/mol. The molecule has 0 saturated heterocycles. The van der Waals surface area contributed by atoms with Crippen LogP contribution >= 0.6 is 0 Å². The molecule has 0 heterocycles. The third-order valence-corrected chi connectivity index (χ3v) is 4.66. The summed E-state index contributed by atoms with van der Waals surface area (Å²) in [6.45, 7) is 1.70. The molecule has 7 heteroatoms. The molecule has 2 unspecified atom stereocenters. The van der Waals surface area contributed by atoms with Gasteiger partial charge in [-0.3, -0.25) is 9.59 Å². The quantitative estimate of drug-likeness (QED) is 0.348. The number of rotatable bonds is 8.